The second kappa shape index (κ2) is 5.80. The first-order valence-corrected chi connectivity index (χ1v) is 6.32. The lowest BCUT2D eigenvalue weighted by atomic mass is 10.0. The van der Waals surface area contributed by atoms with E-state index in [-0.39, 0.29) is 23.9 Å². The average molecular weight is 242 g/mol. The van der Waals surface area contributed by atoms with Gasteiger partial charge in [-0.1, -0.05) is 0 Å². The lowest BCUT2D eigenvalue weighted by Crippen LogP contribution is -2.45. The number of methoxy groups -OCH3 is 1. The lowest BCUT2D eigenvalue weighted by molar-refractivity contribution is -0.126. The molecular formula is C12H22N2O3. The molecule has 0 aromatic carbocycles. The van der Waals surface area contributed by atoms with Crippen LogP contribution in [0.5, 0.6) is 0 Å². The van der Waals surface area contributed by atoms with Gasteiger partial charge in [-0.25, -0.2) is 0 Å². The van der Waals surface area contributed by atoms with Crippen molar-refractivity contribution in [2.75, 3.05) is 27.4 Å². The van der Waals surface area contributed by atoms with E-state index in [9.17, 15) is 4.79 Å². The third kappa shape index (κ3) is 2.97. The van der Waals surface area contributed by atoms with Crippen LogP contribution in [-0.4, -0.2) is 51.5 Å². The second-order valence-corrected chi connectivity index (χ2v) is 4.92. The summed E-state index contributed by atoms with van der Waals surface area (Å²) in [7, 11) is 3.60. The fraction of sp³-hybridized carbons (Fsp3) is 0.917. The maximum atomic E-state index is 12.1. The molecule has 5 nitrogen and oxygen atoms in total. The Morgan fingerprint density at radius 1 is 1.35 bits per heavy atom. The summed E-state index contributed by atoms with van der Waals surface area (Å²) in [5.41, 5.74) is 0. The van der Waals surface area contributed by atoms with E-state index in [0.29, 0.717) is 19.3 Å². The van der Waals surface area contributed by atoms with Crippen LogP contribution in [0, 0.1) is 5.92 Å². The van der Waals surface area contributed by atoms with E-state index in [2.05, 4.69) is 10.6 Å². The van der Waals surface area contributed by atoms with E-state index in [0.717, 1.165) is 19.3 Å². The van der Waals surface area contributed by atoms with Crippen molar-refractivity contribution < 1.29 is 14.3 Å². The third-order valence-corrected chi connectivity index (χ3v) is 3.85. The zero-order valence-corrected chi connectivity index (χ0v) is 10.6. The van der Waals surface area contributed by atoms with Crippen molar-refractivity contribution in [1.82, 2.24) is 10.6 Å². The molecule has 0 aromatic heterocycles. The van der Waals surface area contributed by atoms with Gasteiger partial charge in [-0.3, -0.25) is 4.79 Å². The highest BCUT2D eigenvalue weighted by atomic mass is 16.5. The van der Waals surface area contributed by atoms with Gasteiger partial charge in [0.25, 0.3) is 0 Å². The fourth-order valence-corrected chi connectivity index (χ4v) is 2.69. The highest BCUT2D eigenvalue weighted by Gasteiger charge is 2.35. The molecule has 4 unspecified atom stereocenters. The molecule has 1 amide bonds. The predicted octanol–water partition coefficient (Wildman–Crippen LogP) is -0.0955. The van der Waals surface area contributed by atoms with Gasteiger partial charge in [-0.2, -0.15) is 0 Å². The summed E-state index contributed by atoms with van der Waals surface area (Å²) in [6.07, 6.45) is 3.29. The van der Waals surface area contributed by atoms with E-state index < -0.39 is 0 Å². The molecule has 2 N–H and O–H groups in total. The molecule has 98 valence electrons. The normalized spacial score (nSPS) is 37.3. The molecule has 1 saturated heterocycles. The summed E-state index contributed by atoms with van der Waals surface area (Å²) >= 11 is 0. The highest BCUT2D eigenvalue weighted by Crippen LogP contribution is 2.22. The minimum Gasteiger partial charge on any atom is -0.381 e. The van der Waals surface area contributed by atoms with Crippen LogP contribution < -0.4 is 10.6 Å². The number of carbonyl (C=O) groups excluding carboxylic acids is 1. The van der Waals surface area contributed by atoms with E-state index >= 15 is 0 Å². The van der Waals surface area contributed by atoms with Gasteiger partial charge in [-0.05, 0) is 26.3 Å². The minimum atomic E-state index is -0.0541. The monoisotopic (exact) mass is 242 g/mol. The molecule has 17 heavy (non-hydrogen) atoms. The molecule has 5 heteroatoms. The Balaban J connectivity index is 1.81. The highest BCUT2D eigenvalue weighted by molar-refractivity contribution is 5.80. The zero-order chi connectivity index (χ0) is 12.3. The standard InChI is InChI=1S/C12H22N2O3/c1-13-11-7-17-6-10(11)12(15)14-8-3-4-9(5-8)16-2/h8-11,13H,3-7H2,1-2H3,(H,14,15). The summed E-state index contributed by atoms with van der Waals surface area (Å²) < 4.78 is 10.6. The third-order valence-electron chi connectivity index (χ3n) is 3.85. The van der Waals surface area contributed by atoms with Crippen LogP contribution in [-0.2, 0) is 14.3 Å². The summed E-state index contributed by atoms with van der Waals surface area (Å²) in [6, 6.07) is 0.417. The molecular weight excluding hydrogens is 220 g/mol. The van der Waals surface area contributed by atoms with Gasteiger partial charge in [0.05, 0.1) is 25.2 Å². The van der Waals surface area contributed by atoms with E-state index in [4.69, 9.17) is 9.47 Å². The Hall–Kier alpha value is -0.650. The summed E-state index contributed by atoms with van der Waals surface area (Å²) in [5, 5.41) is 6.24. The van der Waals surface area contributed by atoms with Crippen molar-refractivity contribution >= 4 is 5.91 Å². The Morgan fingerprint density at radius 2 is 2.18 bits per heavy atom. The van der Waals surface area contributed by atoms with Crippen molar-refractivity contribution in [1.29, 1.82) is 0 Å². The SMILES string of the molecule is CNC1COCC1C(=O)NC1CCC(OC)C1. The number of rotatable bonds is 4. The largest absolute Gasteiger partial charge is 0.381 e. The van der Waals surface area contributed by atoms with Gasteiger partial charge >= 0.3 is 0 Å². The molecule has 0 radical (unpaired) electrons. The maximum absolute atomic E-state index is 12.1. The average Bonchev–Trinajstić information content (AvgIpc) is 2.96. The first kappa shape index (κ1) is 12.8. The Bertz CT molecular complexity index is 272. The number of hydrogen-bond acceptors (Lipinski definition) is 4. The van der Waals surface area contributed by atoms with Crippen LogP contribution in [0.1, 0.15) is 19.3 Å². The summed E-state index contributed by atoms with van der Waals surface area (Å²) in [6.45, 7) is 1.15. The van der Waals surface area contributed by atoms with Gasteiger partial charge < -0.3 is 20.1 Å². The van der Waals surface area contributed by atoms with Gasteiger partial charge in [0.2, 0.25) is 5.91 Å². The smallest absolute Gasteiger partial charge is 0.227 e. The number of carbonyl (C=O) groups is 1. The molecule has 1 heterocycles. The van der Waals surface area contributed by atoms with Gasteiger partial charge in [0, 0.05) is 19.2 Å². The molecule has 2 aliphatic rings. The van der Waals surface area contributed by atoms with Crippen molar-refractivity contribution in [2.24, 2.45) is 5.92 Å². The second-order valence-electron chi connectivity index (χ2n) is 4.92. The number of likely N-dealkylation sites (N-methyl/N-ethyl adjacent to an activating group) is 1. The predicted molar refractivity (Wildman–Crippen MR) is 63.7 cm³/mol. The molecule has 0 bridgehead atoms. The zero-order valence-electron chi connectivity index (χ0n) is 10.6. The van der Waals surface area contributed by atoms with Crippen molar-refractivity contribution in [3.8, 4) is 0 Å². The Labute approximate surface area is 102 Å². The van der Waals surface area contributed by atoms with Gasteiger partial charge in [-0.15, -0.1) is 0 Å². The number of amides is 1. The topological polar surface area (TPSA) is 59.6 Å². The Morgan fingerprint density at radius 3 is 2.82 bits per heavy atom. The first-order chi connectivity index (χ1) is 8.24. The van der Waals surface area contributed by atoms with E-state index in [1.807, 2.05) is 7.05 Å². The lowest BCUT2D eigenvalue weighted by Gasteiger charge is -2.19. The fourth-order valence-electron chi connectivity index (χ4n) is 2.69. The maximum Gasteiger partial charge on any atom is 0.227 e. The summed E-state index contributed by atoms with van der Waals surface area (Å²) in [5.74, 6) is 0.0604. The minimum absolute atomic E-state index is 0.0541. The van der Waals surface area contributed by atoms with Crippen LogP contribution in [0.4, 0.5) is 0 Å². The number of nitrogens with one attached hydrogen (secondary N) is 2. The molecule has 4 atom stereocenters. The van der Waals surface area contributed by atoms with Crippen molar-refractivity contribution in [3.05, 3.63) is 0 Å². The molecule has 1 aliphatic heterocycles. The number of hydrogen-bond donors (Lipinski definition) is 2. The van der Waals surface area contributed by atoms with Crippen LogP contribution >= 0.6 is 0 Å². The summed E-state index contributed by atoms with van der Waals surface area (Å²) in [4.78, 5) is 12.1. The van der Waals surface area contributed by atoms with Crippen LogP contribution in [0.2, 0.25) is 0 Å². The van der Waals surface area contributed by atoms with Gasteiger partial charge in [0.1, 0.15) is 0 Å². The molecule has 1 saturated carbocycles. The van der Waals surface area contributed by atoms with Crippen LogP contribution in [0.25, 0.3) is 0 Å². The molecule has 0 aromatic rings. The molecule has 1 aliphatic carbocycles. The first-order valence-electron chi connectivity index (χ1n) is 6.32. The molecule has 2 rings (SSSR count). The van der Waals surface area contributed by atoms with Crippen molar-refractivity contribution in [2.45, 2.75) is 37.5 Å². The molecule has 0 spiro atoms. The van der Waals surface area contributed by atoms with Crippen molar-refractivity contribution in [3.63, 3.8) is 0 Å². The van der Waals surface area contributed by atoms with Gasteiger partial charge in [0.15, 0.2) is 0 Å². The van der Waals surface area contributed by atoms with Crippen LogP contribution in [0.3, 0.4) is 0 Å². The number of ether oxygens (including phenoxy) is 2. The molecule has 2 fully saturated rings. The quantitative estimate of drug-likeness (QED) is 0.723. The van der Waals surface area contributed by atoms with E-state index in [1.54, 1.807) is 7.11 Å². The Kier molecular flexibility index (Phi) is 4.36. The van der Waals surface area contributed by atoms with Crippen LogP contribution in [0.15, 0.2) is 0 Å². The van der Waals surface area contributed by atoms with E-state index in [1.165, 1.54) is 0 Å².